The molecule has 0 heterocycles. The summed E-state index contributed by atoms with van der Waals surface area (Å²) in [5.74, 6) is -0.350. The van der Waals surface area contributed by atoms with Crippen molar-refractivity contribution in [2.75, 3.05) is 13.1 Å². The molecule has 0 unspecified atom stereocenters. The van der Waals surface area contributed by atoms with Crippen LogP contribution in [-0.2, 0) is 4.79 Å². The van der Waals surface area contributed by atoms with E-state index < -0.39 is 0 Å². The molecular weight excluding hydrogens is 391 g/mol. The Morgan fingerprint density at radius 3 is 2.55 bits per heavy atom. The molecule has 0 atom stereocenters. The van der Waals surface area contributed by atoms with E-state index in [2.05, 4.69) is 27.9 Å². The normalized spacial score (nSPS) is 10.5. The number of likely N-dealkylation sites (N-methyl/N-ethyl adjacent to an activating group) is 1. The Morgan fingerprint density at radius 2 is 2.05 bits per heavy atom. The van der Waals surface area contributed by atoms with Crippen LogP contribution in [0.15, 0.2) is 18.2 Å². The monoisotopic (exact) mass is 408 g/mol. The average Bonchev–Trinajstić information content (AvgIpc) is 2.37. The summed E-state index contributed by atoms with van der Waals surface area (Å²) in [6, 6.07) is 5.20. The highest BCUT2D eigenvalue weighted by atomic mass is 127. The van der Waals surface area contributed by atoms with Crippen LogP contribution in [0, 0.1) is 3.57 Å². The average molecular weight is 409 g/mol. The topological polar surface area (TPSA) is 49.4 Å². The van der Waals surface area contributed by atoms with Gasteiger partial charge in [0.25, 0.3) is 5.91 Å². The van der Waals surface area contributed by atoms with Crippen molar-refractivity contribution in [1.29, 1.82) is 0 Å². The lowest BCUT2D eigenvalue weighted by Gasteiger charge is -2.21. The van der Waals surface area contributed by atoms with Gasteiger partial charge in [0, 0.05) is 21.7 Å². The van der Waals surface area contributed by atoms with E-state index in [0.717, 1.165) is 3.57 Å². The Balaban J connectivity index is 2.81. The van der Waals surface area contributed by atoms with Gasteiger partial charge in [-0.3, -0.25) is 9.59 Å². The molecule has 110 valence electrons. The van der Waals surface area contributed by atoms with Gasteiger partial charge in [-0.1, -0.05) is 11.6 Å². The second kappa shape index (κ2) is 7.83. The number of carbonyl (C=O) groups excluding carboxylic acids is 2. The molecule has 0 spiro atoms. The number of halogens is 2. The van der Waals surface area contributed by atoms with Crippen molar-refractivity contribution in [2.45, 2.75) is 26.8 Å². The predicted molar refractivity (Wildman–Crippen MR) is 89.0 cm³/mol. The first kappa shape index (κ1) is 17.2. The maximum absolute atomic E-state index is 12.3. The number of rotatable bonds is 5. The fraction of sp³-hybridized carbons (Fsp3) is 0.429. The van der Waals surface area contributed by atoms with E-state index in [9.17, 15) is 9.59 Å². The number of benzene rings is 1. The Bertz CT molecular complexity index is 506. The largest absolute Gasteiger partial charge is 0.352 e. The fourth-order valence-corrected chi connectivity index (χ4v) is 2.20. The number of amides is 2. The molecule has 1 aromatic rings. The van der Waals surface area contributed by atoms with Crippen LogP contribution < -0.4 is 5.32 Å². The summed E-state index contributed by atoms with van der Waals surface area (Å²) in [5, 5.41) is 3.32. The standard InChI is InChI=1S/C14H18ClIN2O2/c1-4-18(8-13(19)17-9(2)3)14(20)10-5-6-12(16)11(15)7-10/h5-7,9H,4,8H2,1-3H3,(H,17,19). The quantitative estimate of drug-likeness (QED) is 0.762. The summed E-state index contributed by atoms with van der Waals surface area (Å²) < 4.78 is 0.890. The van der Waals surface area contributed by atoms with Gasteiger partial charge in [0.15, 0.2) is 0 Å². The molecule has 20 heavy (non-hydrogen) atoms. The molecule has 1 aromatic carbocycles. The number of nitrogens with zero attached hydrogens (tertiary/aromatic N) is 1. The molecule has 6 heteroatoms. The van der Waals surface area contributed by atoms with Crippen molar-refractivity contribution in [3.8, 4) is 0 Å². The molecule has 2 amide bonds. The summed E-state index contributed by atoms with van der Waals surface area (Å²) in [6.07, 6.45) is 0. The SMILES string of the molecule is CCN(CC(=O)NC(C)C)C(=O)c1ccc(I)c(Cl)c1. The second-order valence-electron chi connectivity index (χ2n) is 4.67. The van der Waals surface area contributed by atoms with Crippen molar-refractivity contribution < 1.29 is 9.59 Å². The van der Waals surface area contributed by atoms with Gasteiger partial charge < -0.3 is 10.2 Å². The zero-order valence-electron chi connectivity index (χ0n) is 11.7. The Morgan fingerprint density at radius 1 is 1.40 bits per heavy atom. The first-order chi connectivity index (χ1) is 9.35. The molecule has 0 saturated heterocycles. The molecule has 0 radical (unpaired) electrons. The third-order valence-electron chi connectivity index (χ3n) is 2.62. The highest BCUT2D eigenvalue weighted by Gasteiger charge is 2.18. The highest BCUT2D eigenvalue weighted by molar-refractivity contribution is 14.1. The van der Waals surface area contributed by atoms with Crippen molar-refractivity contribution >= 4 is 46.0 Å². The summed E-state index contributed by atoms with van der Waals surface area (Å²) in [7, 11) is 0. The molecule has 4 nitrogen and oxygen atoms in total. The Labute approximate surface area is 138 Å². The minimum absolute atomic E-state index is 0.0527. The Hall–Kier alpha value is -0.820. The van der Waals surface area contributed by atoms with Gasteiger partial charge in [0.05, 0.1) is 11.6 Å². The summed E-state index contributed by atoms with van der Waals surface area (Å²) >= 11 is 8.13. The van der Waals surface area contributed by atoms with Crippen LogP contribution >= 0.6 is 34.2 Å². The molecule has 0 aliphatic heterocycles. The molecular formula is C14H18ClIN2O2. The van der Waals surface area contributed by atoms with E-state index in [-0.39, 0.29) is 24.4 Å². The smallest absolute Gasteiger partial charge is 0.254 e. The van der Waals surface area contributed by atoms with Crippen LogP contribution in [0.5, 0.6) is 0 Å². The molecule has 0 aliphatic carbocycles. The maximum atomic E-state index is 12.3. The molecule has 0 saturated carbocycles. The highest BCUT2D eigenvalue weighted by Crippen LogP contribution is 2.20. The Kier molecular flexibility index (Phi) is 6.75. The van der Waals surface area contributed by atoms with Gasteiger partial charge >= 0.3 is 0 Å². The lowest BCUT2D eigenvalue weighted by molar-refractivity contribution is -0.122. The van der Waals surface area contributed by atoms with Gasteiger partial charge in [-0.15, -0.1) is 0 Å². The number of hydrogen-bond acceptors (Lipinski definition) is 2. The molecule has 0 aliphatic rings. The molecule has 0 aromatic heterocycles. The van der Waals surface area contributed by atoms with Gasteiger partial charge in [0.2, 0.25) is 5.91 Å². The number of carbonyl (C=O) groups is 2. The van der Waals surface area contributed by atoms with Crippen LogP contribution in [0.1, 0.15) is 31.1 Å². The van der Waals surface area contributed by atoms with E-state index in [1.807, 2.05) is 20.8 Å². The van der Waals surface area contributed by atoms with Crippen molar-refractivity contribution in [3.05, 3.63) is 32.4 Å². The second-order valence-corrected chi connectivity index (χ2v) is 6.24. The van der Waals surface area contributed by atoms with Crippen molar-refractivity contribution in [2.24, 2.45) is 0 Å². The van der Waals surface area contributed by atoms with Crippen molar-refractivity contribution in [1.82, 2.24) is 10.2 Å². The first-order valence-electron chi connectivity index (χ1n) is 6.38. The maximum Gasteiger partial charge on any atom is 0.254 e. The predicted octanol–water partition coefficient (Wildman–Crippen LogP) is 2.93. The third-order valence-corrected chi connectivity index (χ3v) is 4.19. The van der Waals surface area contributed by atoms with E-state index in [1.54, 1.807) is 18.2 Å². The lowest BCUT2D eigenvalue weighted by atomic mass is 10.2. The van der Waals surface area contributed by atoms with Gasteiger partial charge in [0.1, 0.15) is 0 Å². The van der Waals surface area contributed by atoms with Gasteiger partial charge in [-0.2, -0.15) is 0 Å². The van der Waals surface area contributed by atoms with E-state index >= 15 is 0 Å². The summed E-state index contributed by atoms with van der Waals surface area (Å²) in [6.45, 7) is 6.13. The van der Waals surface area contributed by atoms with Crippen LogP contribution in [0.25, 0.3) is 0 Å². The van der Waals surface area contributed by atoms with Gasteiger partial charge in [-0.25, -0.2) is 0 Å². The van der Waals surface area contributed by atoms with Crippen LogP contribution in [0.4, 0.5) is 0 Å². The summed E-state index contributed by atoms with van der Waals surface area (Å²) in [4.78, 5) is 25.6. The van der Waals surface area contributed by atoms with Gasteiger partial charge in [-0.05, 0) is 61.6 Å². The van der Waals surface area contributed by atoms with E-state index in [1.165, 1.54) is 4.90 Å². The molecule has 1 rings (SSSR count). The van der Waals surface area contributed by atoms with E-state index in [4.69, 9.17) is 11.6 Å². The minimum Gasteiger partial charge on any atom is -0.352 e. The van der Waals surface area contributed by atoms with Crippen LogP contribution in [0.2, 0.25) is 5.02 Å². The van der Waals surface area contributed by atoms with E-state index in [0.29, 0.717) is 17.1 Å². The van der Waals surface area contributed by atoms with Crippen LogP contribution in [0.3, 0.4) is 0 Å². The van der Waals surface area contributed by atoms with Crippen molar-refractivity contribution in [3.63, 3.8) is 0 Å². The molecule has 0 fully saturated rings. The minimum atomic E-state index is -0.190. The number of hydrogen-bond donors (Lipinski definition) is 1. The lowest BCUT2D eigenvalue weighted by Crippen LogP contribution is -2.42. The zero-order chi connectivity index (χ0) is 15.3. The molecule has 0 bridgehead atoms. The fourth-order valence-electron chi connectivity index (χ4n) is 1.68. The molecule has 1 N–H and O–H groups in total. The van der Waals surface area contributed by atoms with Crippen LogP contribution in [-0.4, -0.2) is 35.8 Å². The summed E-state index contributed by atoms with van der Waals surface area (Å²) in [5.41, 5.74) is 0.495. The first-order valence-corrected chi connectivity index (χ1v) is 7.84. The zero-order valence-corrected chi connectivity index (χ0v) is 14.7. The third kappa shape index (κ3) is 4.94. The number of nitrogens with one attached hydrogen (secondary N) is 1.